The third-order valence-corrected chi connectivity index (χ3v) is 3.52. The van der Waals surface area contributed by atoms with E-state index in [0.717, 1.165) is 5.01 Å². The van der Waals surface area contributed by atoms with Crippen molar-refractivity contribution >= 4 is 17.6 Å². The van der Waals surface area contributed by atoms with E-state index in [0.29, 0.717) is 22.8 Å². The number of nitrogens with zero attached hydrogens (tertiary/aromatic N) is 2. The third kappa shape index (κ3) is 2.61. The molecule has 0 spiro atoms. The van der Waals surface area contributed by atoms with Gasteiger partial charge >= 0.3 is 5.97 Å². The first-order chi connectivity index (χ1) is 10.3. The highest BCUT2D eigenvalue weighted by atomic mass is 16.5. The Balaban J connectivity index is 2.46. The maximum Gasteiger partial charge on any atom is 0.325 e. The lowest BCUT2D eigenvalue weighted by Gasteiger charge is -2.19. The molecule has 1 amide bonds. The number of carbonyl (C=O) groups is 2. The van der Waals surface area contributed by atoms with Gasteiger partial charge in [0.25, 0.3) is 5.91 Å². The van der Waals surface area contributed by atoms with Crippen LogP contribution in [0.2, 0.25) is 0 Å². The third-order valence-electron chi connectivity index (χ3n) is 3.52. The van der Waals surface area contributed by atoms with Crippen molar-refractivity contribution in [3.05, 3.63) is 23.8 Å². The molecule has 0 radical (unpaired) electrons. The zero-order valence-electron chi connectivity index (χ0n) is 12.9. The molecule has 0 atom stereocenters. The van der Waals surface area contributed by atoms with E-state index in [9.17, 15) is 9.59 Å². The van der Waals surface area contributed by atoms with E-state index in [1.54, 1.807) is 32.0 Å². The number of methoxy groups -OCH3 is 2. The van der Waals surface area contributed by atoms with Gasteiger partial charge in [-0.3, -0.25) is 9.59 Å². The number of aliphatic carboxylic acids is 1. The fourth-order valence-corrected chi connectivity index (χ4v) is 2.35. The molecular weight excluding hydrogens is 288 g/mol. The Hall–Kier alpha value is -2.57. The second kappa shape index (κ2) is 5.67. The Morgan fingerprint density at radius 1 is 1.27 bits per heavy atom. The van der Waals surface area contributed by atoms with Gasteiger partial charge in [-0.25, -0.2) is 5.01 Å². The summed E-state index contributed by atoms with van der Waals surface area (Å²) in [5.41, 5.74) is 0.276. The van der Waals surface area contributed by atoms with E-state index < -0.39 is 17.9 Å². The lowest BCUT2D eigenvalue weighted by atomic mass is 9.83. The number of benzene rings is 1. The van der Waals surface area contributed by atoms with Gasteiger partial charge in [0.1, 0.15) is 6.54 Å². The van der Waals surface area contributed by atoms with Crippen LogP contribution in [0.1, 0.15) is 19.4 Å². The van der Waals surface area contributed by atoms with Crippen molar-refractivity contribution in [1.82, 2.24) is 5.01 Å². The quantitative estimate of drug-likeness (QED) is 0.887. The number of carboxylic acid groups (broad SMARTS) is 1. The van der Waals surface area contributed by atoms with E-state index in [-0.39, 0.29) is 5.91 Å². The van der Waals surface area contributed by atoms with Crippen LogP contribution in [0.5, 0.6) is 11.5 Å². The maximum atomic E-state index is 12.3. The molecule has 1 heterocycles. The van der Waals surface area contributed by atoms with Crippen LogP contribution < -0.4 is 9.47 Å². The largest absolute Gasteiger partial charge is 0.493 e. The summed E-state index contributed by atoms with van der Waals surface area (Å²) < 4.78 is 10.4. The number of ether oxygens (including phenoxy) is 2. The van der Waals surface area contributed by atoms with E-state index in [1.807, 2.05) is 0 Å². The number of carbonyl (C=O) groups excluding carboxylic acids is 1. The Bertz CT molecular complexity index is 651. The van der Waals surface area contributed by atoms with Gasteiger partial charge in [0.2, 0.25) is 0 Å². The van der Waals surface area contributed by atoms with E-state index >= 15 is 0 Å². The van der Waals surface area contributed by atoms with Crippen LogP contribution in [0.3, 0.4) is 0 Å². The number of hydrogen-bond acceptors (Lipinski definition) is 5. The van der Waals surface area contributed by atoms with Gasteiger partial charge in [-0.15, -0.1) is 0 Å². The fraction of sp³-hybridized carbons (Fsp3) is 0.400. The first-order valence-corrected chi connectivity index (χ1v) is 6.66. The van der Waals surface area contributed by atoms with Crippen LogP contribution in [0.4, 0.5) is 0 Å². The summed E-state index contributed by atoms with van der Waals surface area (Å²) in [6, 6.07) is 5.20. The van der Waals surface area contributed by atoms with Crippen LogP contribution in [0.15, 0.2) is 23.3 Å². The molecule has 0 fully saturated rings. The topological polar surface area (TPSA) is 88.4 Å². The molecular formula is C15H18N2O5. The summed E-state index contributed by atoms with van der Waals surface area (Å²) in [5.74, 6) is -0.375. The van der Waals surface area contributed by atoms with Crippen molar-refractivity contribution in [2.24, 2.45) is 10.5 Å². The van der Waals surface area contributed by atoms with Crippen LogP contribution in [0, 0.1) is 5.41 Å². The van der Waals surface area contributed by atoms with E-state index in [4.69, 9.17) is 14.6 Å². The molecule has 7 nitrogen and oxygen atoms in total. The molecule has 118 valence electrons. The molecule has 0 unspecified atom stereocenters. The fourth-order valence-electron chi connectivity index (χ4n) is 2.35. The average molecular weight is 306 g/mol. The summed E-state index contributed by atoms with van der Waals surface area (Å²) >= 11 is 0. The number of amides is 1. The Kier molecular flexibility index (Phi) is 4.07. The first kappa shape index (κ1) is 15.8. The number of carboxylic acids is 1. The van der Waals surface area contributed by atoms with Crippen molar-refractivity contribution in [2.75, 3.05) is 20.8 Å². The molecule has 0 aliphatic carbocycles. The molecule has 0 saturated carbocycles. The van der Waals surface area contributed by atoms with Crippen molar-refractivity contribution < 1.29 is 24.2 Å². The zero-order chi connectivity index (χ0) is 16.5. The molecule has 0 aromatic heterocycles. The lowest BCUT2D eigenvalue weighted by Crippen LogP contribution is -2.37. The summed E-state index contributed by atoms with van der Waals surface area (Å²) in [6.07, 6.45) is 0. The number of hydrogen-bond donors (Lipinski definition) is 1. The second-order valence-electron chi connectivity index (χ2n) is 5.40. The zero-order valence-corrected chi connectivity index (χ0v) is 12.9. The minimum absolute atomic E-state index is 0.348. The predicted octanol–water partition coefficient (Wildman–Crippen LogP) is 1.36. The van der Waals surface area contributed by atoms with Crippen molar-refractivity contribution in [2.45, 2.75) is 13.8 Å². The SMILES string of the molecule is COc1ccc(C2=NN(CC(=O)O)C(=O)C2(C)C)cc1OC. The Morgan fingerprint density at radius 2 is 1.91 bits per heavy atom. The van der Waals surface area contributed by atoms with Crippen molar-refractivity contribution in [3.63, 3.8) is 0 Å². The van der Waals surface area contributed by atoms with Crippen molar-refractivity contribution in [3.8, 4) is 11.5 Å². The number of hydrazone groups is 1. The Morgan fingerprint density at radius 3 is 2.45 bits per heavy atom. The summed E-state index contributed by atoms with van der Waals surface area (Å²) in [5, 5.41) is 14.0. The first-order valence-electron chi connectivity index (χ1n) is 6.66. The molecule has 0 bridgehead atoms. The van der Waals surface area contributed by atoms with Gasteiger partial charge in [0, 0.05) is 5.56 Å². The summed E-state index contributed by atoms with van der Waals surface area (Å²) in [7, 11) is 3.05. The lowest BCUT2D eigenvalue weighted by molar-refractivity contribution is -0.145. The molecule has 1 aliphatic heterocycles. The van der Waals surface area contributed by atoms with Crippen molar-refractivity contribution in [1.29, 1.82) is 0 Å². The molecule has 7 heteroatoms. The highest BCUT2D eigenvalue weighted by Crippen LogP contribution is 2.35. The molecule has 22 heavy (non-hydrogen) atoms. The van der Waals surface area contributed by atoms with Gasteiger partial charge in [-0.1, -0.05) is 0 Å². The maximum absolute atomic E-state index is 12.3. The molecule has 1 aliphatic rings. The van der Waals surface area contributed by atoms with Crippen LogP contribution in [-0.4, -0.2) is 48.5 Å². The predicted molar refractivity (Wildman–Crippen MR) is 79.2 cm³/mol. The van der Waals surface area contributed by atoms with E-state index in [2.05, 4.69) is 5.10 Å². The highest BCUT2D eigenvalue weighted by Gasteiger charge is 2.44. The molecule has 1 aromatic carbocycles. The smallest absolute Gasteiger partial charge is 0.325 e. The monoisotopic (exact) mass is 306 g/mol. The van der Waals surface area contributed by atoms with Gasteiger partial charge < -0.3 is 14.6 Å². The molecule has 1 N–H and O–H groups in total. The minimum Gasteiger partial charge on any atom is -0.493 e. The summed E-state index contributed by atoms with van der Waals surface area (Å²) in [4.78, 5) is 23.2. The Labute approximate surface area is 128 Å². The van der Waals surface area contributed by atoms with Gasteiger partial charge in [-0.05, 0) is 32.0 Å². The van der Waals surface area contributed by atoms with Gasteiger partial charge in [0.05, 0.1) is 25.3 Å². The van der Waals surface area contributed by atoms with Gasteiger partial charge in [0.15, 0.2) is 11.5 Å². The van der Waals surface area contributed by atoms with Gasteiger partial charge in [-0.2, -0.15) is 5.10 Å². The van der Waals surface area contributed by atoms with Crippen LogP contribution >= 0.6 is 0 Å². The normalized spacial score (nSPS) is 16.5. The highest BCUT2D eigenvalue weighted by molar-refractivity contribution is 6.19. The molecule has 0 saturated heterocycles. The second-order valence-corrected chi connectivity index (χ2v) is 5.40. The van der Waals surface area contributed by atoms with Crippen LogP contribution in [0.25, 0.3) is 0 Å². The van der Waals surface area contributed by atoms with Crippen LogP contribution in [-0.2, 0) is 9.59 Å². The van der Waals surface area contributed by atoms with E-state index in [1.165, 1.54) is 14.2 Å². The summed E-state index contributed by atoms with van der Waals surface area (Å²) in [6.45, 7) is 2.97. The average Bonchev–Trinajstić information content (AvgIpc) is 2.69. The molecule has 2 rings (SSSR count). The minimum atomic E-state index is -1.11. The molecule has 1 aromatic rings. The standard InChI is InChI=1S/C15H18N2O5/c1-15(2)13(16-17(14(15)20)8-12(18)19)9-5-6-10(21-3)11(7-9)22-4/h5-7H,8H2,1-4H3,(H,18,19). The number of rotatable bonds is 5.